The molecule has 1 heteroatoms. The highest BCUT2D eigenvalue weighted by molar-refractivity contribution is 5.81. The number of hydrogen-bond donors (Lipinski definition) is 0. The average molecular weight is 186 g/mol. The molecule has 0 amide bonds. The molecule has 0 radical (unpaired) electrons. The molecule has 2 rings (SSSR count). The lowest BCUT2D eigenvalue weighted by Gasteiger charge is -2.17. The number of rotatable bonds is 2. The van der Waals surface area contributed by atoms with E-state index in [0.717, 1.165) is 37.5 Å². The maximum absolute atomic E-state index is 10.9. The standard InChI is InChI=1S/C13H14O/c14-10-12-8-4-5-9-13(12)11-6-2-1-3-7-11/h1-2,4,6,8,10H,3,5,7,9H2. The molecule has 0 aliphatic heterocycles. The highest BCUT2D eigenvalue weighted by Crippen LogP contribution is 2.29. The van der Waals surface area contributed by atoms with E-state index >= 15 is 0 Å². The zero-order valence-electron chi connectivity index (χ0n) is 8.20. The Balaban J connectivity index is 2.34. The van der Waals surface area contributed by atoms with Crippen LogP contribution in [-0.2, 0) is 4.79 Å². The van der Waals surface area contributed by atoms with Crippen molar-refractivity contribution in [2.45, 2.75) is 25.7 Å². The molecule has 1 nitrogen and oxygen atoms in total. The Labute approximate surface area is 84.5 Å². The van der Waals surface area contributed by atoms with E-state index in [4.69, 9.17) is 0 Å². The van der Waals surface area contributed by atoms with E-state index in [2.05, 4.69) is 24.3 Å². The van der Waals surface area contributed by atoms with Crippen molar-refractivity contribution in [3.8, 4) is 0 Å². The molecule has 0 saturated heterocycles. The first-order valence-corrected chi connectivity index (χ1v) is 5.13. The lowest BCUT2D eigenvalue weighted by atomic mass is 9.88. The van der Waals surface area contributed by atoms with Crippen molar-refractivity contribution in [1.82, 2.24) is 0 Å². The van der Waals surface area contributed by atoms with E-state index in [-0.39, 0.29) is 0 Å². The first-order chi connectivity index (χ1) is 6.92. The molecule has 0 fully saturated rings. The first kappa shape index (κ1) is 9.20. The van der Waals surface area contributed by atoms with Crippen LogP contribution in [0.1, 0.15) is 25.7 Å². The fourth-order valence-electron chi connectivity index (χ4n) is 1.99. The van der Waals surface area contributed by atoms with E-state index in [1.165, 1.54) is 11.1 Å². The van der Waals surface area contributed by atoms with Gasteiger partial charge in [-0.15, -0.1) is 0 Å². The van der Waals surface area contributed by atoms with Crippen molar-refractivity contribution >= 4 is 6.29 Å². The van der Waals surface area contributed by atoms with Crippen LogP contribution in [0.4, 0.5) is 0 Å². The monoisotopic (exact) mass is 186 g/mol. The molecule has 0 bridgehead atoms. The van der Waals surface area contributed by atoms with Crippen LogP contribution < -0.4 is 0 Å². The van der Waals surface area contributed by atoms with Crippen molar-refractivity contribution in [3.63, 3.8) is 0 Å². The topological polar surface area (TPSA) is 17.1 Å². The smallest absolute Gasteiger partial charge is 0.150 e. The number of carbonyl (C=O) groups is 1. The Morgan fingerprint density at radius 3 is 2.71 bits per heavy atom. The van der Waals surface area contributed by atoms with Crippen molar-refractivity contribution in [3.05, 3.63) is 47.1 Å². The van der Waals surface area contributed by atoms with Gasteiger partial charge in [0.05, 0.1) is 0 Å². The highest BCUT2D eigenvalue weighted by atomic mass is 16.1. The maximum atomic E-state index is 10.9. The van der Waals surface area contributed by atoms with Gasteiger partial charge in [-0.25, -0.2) is 0 Å². The number of allylic oxidation sites excluding steroid dienone is 8. The van der Waals surface area contributed by atoms with Crippen molar-refractivity contribution in [2.24, 2.45) is 0 Å². The van der Waals surface area contributed by atoms with E-state index in [0.29, 0.717) is 0 Å². The van der Waals surface area contributed by atoms with Crippen LogP contribution in [0.3, 0.4) is 0 Å². The molecule has 0 unspecified atom stereocenters. The van der Waals surface area contributed by atoms with E-state index in [1.807, 2.05) is 6.08 Å². The summed E-state index contributed by atoms with van der Waals surface area (Å²) >= 11 is 0. The maximum Gasteiger partial charge on any atom is 0.150 e. The van der Waals surface area contributed by atoms with Gasteiger partial charge in [0, 0.05) is 5.57 Å². The molecule has 72 valence electrons. The number of aldehydes is 1. The Morgan fingerprint density at radius 2 is 2.00 bits per heavy atom. The van der Waals surface area contributed by atoms with Crippen molar-refractivity contribution in [1.29, 1.82) is 0 Å². The van der Waals surface area contributed by atoms with Gasteiger partial charge in [0.15, 0.2) is 0 Å². The van der Waals surface area contributed by atoms with Crippen LogP contribution in [0.5, 0.6) is 0 Å². The van der Waals surface area contributed by atoms with Gasteiger partial charge < -0.3 is 0 Å². The highest BCUT2D eigenvalue weighted by Gasteiger charge is 2.12. The summed E-state index contributed by atoms with van der Waals surface area (Å²) in [6.45, 7) is 0. The fourth-order valence-corrected chi connectivity index (χ4v) is 1.99. The Kier molecular flexibility index (Phi) is 2.78. The molecule has 14 heavy (non-hydrogen) atoms. The Hall–Kier alpha value is -1.37. The van der Waals surface area contributed by atoms with E-state index < -0.39 is 0 Å². The molecule has 2 aliphatic rings. The summed E-state index contributed by atoms with van der Waals surface area (Å²) in [5.74, 6) is 0. The zero-order chi connectivity index (χ0) is 9.80. The predicted molar refractivity (Wildman–Crippen MR) is 57.9 cm³/mol. The zero-order valence-corrected chi connectivity index (χ0v) is 8.20. The van der Waals surface area contributed by atoms with Crippen LogP contribution in [0.25, 0.3) is 0 Å². The molecule has 0 aromatic rings. The molecule has 0 aromatic heterocycles. The quantitative estimate of drug-likeness (QED) is 0.605. The largest absolute Gasteiger partial charge is 0.298 e. The second-order valence-electron chi connectivity index (χ2n) is 3.65. The van der Waals surface area contributed by atoms with Crippen molar-refractivity contribution < 1.29 is 4.79 Å². The predicted octanol–water partition coefficient (Wildman–Crippen LogP) is 3.11. The molecular formula is C13H14O. The molecule has 0 aromatic carbocycles. The summed E-state index contributed by atoms with van der Waals surface area (Å²) in [6.07, 6.45) is 15.7. The van der Waals surface area contributed by atoms with E-state index in [9.17, 15) is 4.79 Å². The third-order valence-corrected chi connectivity index (χ3v) is 2.74. The van der Waals surface area contributed by atoms with Crippen LogP contribution in [0, 0.1) is 0 Å². The third kappa shape index (κ3) is 1.77. The summed E-state index contributed by atoms with van der Waals surface area (Å²) in [4.78, 5) is 10.9. The second-order valence-corrected chi connectivity index (χ2v) is 3.65. The van der Waals surface area contributed by atoms with Crippen molar-refractivity contribution in [2.75, 3.05) is 0 Å². The summed E-state index contributed by atoms with van der Waals surface area (Å²) in [6, 6.07) is 0. The minimum atomic E-state index is 0.873. The lowest BCUT2D eigenvalue weighted by Crippen LogP contribution is -2.01. The number of hydrogen-bond acceptors (Lipinski definition) is 1. The summed E-state index contributed by atoms with van der Waals surface area (Å²) in [7, 11) is 0. The minimum absolute atomic E-state index is 0.873. The van der Waals surface area contributed by atoms with Gasteiger partial charge in [-0.05, 0) is 36.8 Å². The van der Waals surface area contributed by atoms with Crippen LogP contribution in [0.2, 0.25) is 0 Å². The first-order valence-electron chi connectivity index (χ1n) is 5.13. The van der Waals surface area contributed by atoms with E-state index in [1.54, 1.807) is 0 Å². The Morgan fingerprint density at radius 1 is 1.14 bits per heavy atom. The Bertz CT molecular complexity index is 353. The second kappa shape index (κ2) is 4.23. The fraction of sp³-hybridized carbons (Fsp3) is 0.308. The van der Waals surface area contributed by atoms with Gasteiger partial charge in [0.2, 0.25) is 0 Å². The third-order valence-electron chi connectivity index (χ3n) is 2.74. The molecule has 0 atom stereocenters. The lowest BCUT2D eigenvalue weighted by molar-refractivity contribution is -0.104. The summed E-state index contributed by atoms with van der Waals surface area (Å²) in [5, 5.41) is 0. The van der Waals surface area contributed by atoms with Gasteiger partial charge in [0.1, 0.15) is 6.29 Å². The molecule has 0 N–H and O–H groups in total. The van der Waals surface area contributed by atoms with Crippen LogP contribution in [-0.4, -0.2) is 6.29 Å². The summed E-state index contributed by atoms with van der Waals surface area (Å²) in [5.41, 5.74) is 3.48. The molecular weight excluding hydrogens is 172 g/mol. The molecule has 0 spiro atoms. The molecule has 2 aliphatic carbocycles. The van der Waals surface area contributed by atoms with Crippen LogP contribution in [0.15, 0.2) is 47.1 Å². The number of carbonyl (C=O) groups excluding carboxylic acids is 1. The normalized spacial score (nSPS) is 21.0. The SMILES string of the molecule is O=CC1=C(C2=CC=CCC2)CCC=C1. The van der Waals surface area contributed by atoms with Crippen LogP contribution >= 0.6 is 0 Å². The molecule has 0 saturated carbocycles. The minimum Gasteiger partial charge on any atom is -0.298 e. The van der Waals surface area contributed by atoms with Gasteiger partial charge in [-0.1, -0.05) is 30.4 Å². The van der Waals surface area contributed by atoms with Gasteiger partial charge in [-0.3, -0.25) is 4.79 Å². The van der Waals surface area contributed by atoms with Gasteiger partial charge in [0.25, 0.3) is 0 Å². The average Bonchev–Trinajstić information content (AvgIpc) is 2.30. The molecule has 0 heterocycles. The van der Waals surface area contributed by atoms with Gasteiger partial charge >= 0.3 is 0 Å². The van der Waals surface area contributed by atoms with Gasteiger partial charge in [-0.2, -0.15) is 0 Å². The summed E-state index contributed by atoms with van der Waals surface area (Å²) < 4.78 is 0.